The van der Waals surface area contributed by atoms with Crippen LogP contribution in [0.1, 0.15) is 37.1 Å². The molecule has 0 aliphatic heterocycles. The average molecular weight is 299 g/mol. The van der Waals surface area contributed by atoms with Crippen molar-refractivity contribution < 1.29 is 4.79 Å². The van der Waals surface area contributed by atoms with Crippen LogP contribution in [0.2, 0.25) is 0 Å². The summed E-state index contributed by atoms with van der Waals surface area (Å²) in [7, 11) is 0. The van der Waals surface area contributed by atoms with E-state index in [2.05, 4.69) is 5.32 Å². The number of rotatable bonds is 3. The van der Waals surface area contributed by atoms with E-state index in [0.29, 0.717) is 0 Å². The molecular weight excluding hydrogens is 278 g/mol. The Morgan fingerprint density at radius 3 is 2.19 bits per heavy atom. The molecule has 0 heterocycles. The Hall–Kier alpha value is -1.74. The van der Waals surface area contributed by atoms with Gasteiger partial charge in [-0.1, -0.05) is 69.3 Å². The summed E-state index contributed by atoms with van der Waals surface area (Å²) < 4.78 is 0. The highest BCUT2D eigenvalue weighted by atomic mass is 32.1. The minimum absolute atomic E-state index is 0.00328. The first-order valence-corrected chi connectivity index (χ1v) is 7.54. The van der Waals surface area contributed by atoms with Gasteiger partial charge in [0.15, 0.2) is 0 Å². The lowest BCUT2D eigenvalue weighted by molar-refractivity contribution is -0.123. The zero-order valence-electron chi connectivity index (χ0n) is 12.6. The Bertz CT molecular complexity index is 617. The van der Waals surface area contributed by atoms with E-state index in [0.717, 1.165) is 16.8 Å². The number of anilines is 1. The second-order valence-electron chi connectivity index (χ2n) is 6.10. The second-order valence-corrected chi connectivity index (χ2v) is 6.62. The van der Waals surface area contributed by atoms with Gasteiger partial charge in [0, 0.05) is 11.1 Å². The summed E-state index contributed by atoms with van der Waals surface area (Å²) in [5, 5.41) is 2.95. The van der Waals surface area contributed by atoms with E-state index < -0.39 is 5.41 Å². The molecule has 1 amide bonds. The summed E-state index contributed by atoms with van der Waals surface area (Å²) in [5.74, 6) is 0.00328. The Morgan fingerprint density at radius 1 is 1.00 bits per heavy atom. The number of carbonyl (C=O) groups excluding carboxylic acids is 1. The largest absolute Gasteiger partial charge is 0.325 e. The molecule has 3 heteroatoms. The van der Waals surface area contributed by atoms with Crippen molar-refractivity contribution in [2.45, 2.75) is 26.0 Å². The molecule has 0 saturated carbocycles. The monoisotopic (exact) mass is 299 g/mol. The summed E-state index contributed by atoms with van der Waals surface area (Å²) in [6.45, 7) is 5.71. The van der Waals surface area contributed by atoms with Crippen LogP contribution < -0.4 is 5.32 Å². The molecule has 2 nitrogen and oxygen atoms in total. The fourth-order valence-electron chi connectivity index (χ4n) is 1.97. The zero-order chi connectivity index (χ0) is 15.5. The normalized spacial score (nSPS) is 12.8. The summed E-state index contributed by atoms with van der Waals surface area (Å²) in [4.78, 5) is 12.2. The molecule has 0 bridgehead atoms. The molecule has 0 aliphatic carbocycles. The quantitative estimate of drug-likeness (QED) is 0.791. The van der Waals surface area contributed by atoms with Crippen LogP contribution in [0, 0.1) is 5.41 Å². The van der Waals surface area contributed by atoms with E-state index in [9.17, 15) is 4.79 Å². The fraction of sp³-hybridized carbons (Fsp3) is 0.278. The van der Waals surface area contributed by atoms with Gasteiger partial charge in [0.05, 0.1) is 5.25 Å². The number of para-hydroxylation sites is 1. The van der Waals surface area contributed by atoms with Crippen LogP contribution in [0.4, 0.5) is 5.69 Å². The maximum absolute atomic E-state index is 12.2. The van der Waals surface area contributed by atoms with E-state index in [1.54, 1.807) is 0 Å². The lowest BCUT2D eigenvalue weighted by Gasteiger charge is -2.21. The number of nitrogens with one attached hydrogen (secondary N) is 1. The highest BCUT2D eigenvalue weighted by Gasteiger charge is 2.23. The van der Waals surface area contributed by atoms with Crippen molar-refractivity contribution in [3.63, 3.8) is 0 Å². The molecule has 0 aliphatic rings. The van der Waals surface area contributed by atoms with Crippen molar-refractivity contribution in [1.29, 1.82) is 0 Å². The highest BCUT2D eigenvalue weighted by molar-refractivity contribution is 7.80. The predicted molar refractivity (Wildman–Crippen MR) is 91.8 cm³/mol. The van der Waals surface area contributed by atoms with Gasteiger partial charge in [0.25, 0.3) is 0 Å². The third-order valence-corrected chi connectivity index (χ3v) is 3.88. The van der Waals surface area contributed by atoms with Crippen LogP contribution in [0.15, 0.2) is 54.6 Å². The second kappa shape index (κ2) is 6.35. The molecule has 2 rings (SSSR count). The van der Waals surface area contributed by atoms with Crippen molar-refractivity contribution >= 4 is 24.2 Å². The lowest BCUT2D eigenvalue weighted by Crippen LogP contribution is -2.28. The van der Waals surface area contributed by atoms with Gasteiger partial charge in [0.1, 0.15) is 0 Å². The van der Waals surface area contributed by atoms with Gasteiger partial charge in [-0.3, -0.25) is 4.79 Å². The van der Waals surface area contributed by atoms with E-state index in [1.807, 2.05) is 75.4 Å². The maximum atomic E-state index is 12.2. The number of benzene rings is 2. The Labute approximate surface area is 132 Å². The number of hydrogen-bond acceptors (Lipinski definition) is 2. The molecule has 1 N–H and O–H groups in total. The summed E-state index contributed by atoms with van der Waals surface area (Å²) >= 11 is 4.72. The number of thiol groups is 1. The van der Waals surface area contributed by atoms with Gasteiger partial charge in [-0.25, -0.2) is 0 Å². The highest BCUT2D eigenvalue weighted by Crippen LogP contribution is 2.33. The minimum atomic E-state index is -0.425. The van der Waals surface area contributed by atoms with Gasteiger partial charge >= 0.3 is 0 Å². The van der Waals surface area contributed by atoms with E-state index in [4.69, 9.17) is 12.6 Å². The zero-order valence-corrected chi connectivity index (χ0v) is 13.5. The Balaban J connectivity index is 2.31. The molecule has 21 heavy (non-hydrogen) atoms. The molecular formula is C18H21NOS. The first-order valence-electron chi connectivity index (χ1n) is 7.03. The van der Waals surface area contributed by atoms with Gasteiger partial charge in [-0.05, 0) is 17.2 Å². The minimum Gasteiger partial charge on any atom is -0.325 e. The molecule has 2 aromatic rings. The van der Waals surface area contributed by atoms with Gasteiger partial charge in [-0.2, -0.15) is 12.6 Å². The molecule has 0 aromatic heterocycles. The van der Waals surface area contributed by atoms with E-state index in [-0.39, 0.29) is 11.2 Å². The van der Waals surface area contributed by atoms with Crippen LogP contribution in [-0.2, 0) is 4.79 Å². The predicted octanol–water partition coefficient (Wildman–Crippen LogP) is 4.69. The molecule has 0 radical (unpaired) electrons. The number of amides is 1. The molecule has 0 saturated heterocycles. The molecule has 0 spiro atoms. The van der Waals surface area contributed by atoms with Gasteiger partial charge in [-0.15, -0.1) is 0 Å². The standard InChI is InChI=1S/C18H21NOS/c1-18(2,3)17(20)19-15-12-8-7-11-14(15)16(21)13-9-5-4-6-10-13/h4-12,16,21H,1-3H3,(H,19,20). The molecule has 110 valence electrons. The third-order valence-electron chi connectivity index (χ3n) is 3.30. The van der Waals surface area contributed by atoms with Crippen LogP contribution in [-0.4, -0.2) is 5.91 Å². The SMILES string of the molecule is CC(C)(C)C(=O)Nc1ccccc1C(S)c1ccccc1. The topological polar surface area (TPSA) is 29.1 Å². The Morgan fingerprint density at radius 2 is 1.57 bits per heavy atom. The summed E-state index contributed by atoms with van der Waals surface area (Å²) in [6.07, 6.45) is 0. The van der Waals surface area contributed by atoms with Gasteiger partial charge < -0.3 is 5.32 Å². The smallest absolute Gasteiger partial charge is 0.229 e. The third kappa shape index (κ3) is 3.88. The molecule has 1 unspecified atom stereocenters. The van der Waals surface area contributed by atoms with Gasteiger partial charge in [0.2, 0.25) is 5.91 Å². The molecule has 1 atom stereocenters. The summed E-state index contributed by atoms with van der Waals surface area (Å²) in [6, 6.07) is 17.9. The number of hydrogen-bond donors (Lipinski definition) is 2. The van der Waals surface area contributed by atoms with Crippen LogP contribution >= 0.6 is 12.6 Å². The number of carbonyl (C=O) groups is 1. The van der Waals surface area contributed by atoms with Crippen molar-refractivity contribution in [2.24, 2.45) is 5.41 Å². The average Bonchev–Trinajstić information content (AvgIpc) is 2.47. The summed E-state index contributed by atoms with van der Waals surface area (Å²) in [5.41, 5.74) is 2.51. The van der Waals surface area contributed by atoms with Crippen molar-refractivity contribution in [1.82, 2.24) is 0 Å². The fourth-order valence-corrected chi connectivity index (χ4v) is 2.37. The van der Waals surface area contributed by atoms with Crippen LogP contribution in [0.25, 0.3) is 0 Å². The van der Waals surface area contributed by atoms with Crippen LogP contribution in [0.3, 0.4) is 0 Å². The lowest BCUT2D eigenvalue weighted by atomic mass is 9.95. The van der Waals surface area contributed by atoms with Crippen molar-refractivity contribution in [3.05, 3.63) is 65.7 Å². The van der Waals surface area contributed by atoms with Crippen molar-refractivity contribution in [2.75, 3.05) is 5.32 Å². The van der Waals surface area contributed by atoms with E-state index in [1.165, 1.54) is 0 Å². The van der Waals surface area contributed by atoms with Crippen LogP contribution in [0.5, 0.6) is 0 Å². The first-order chi connectivity index (χ1) is 9.89. The van der Waals surface area contributed by atoms with Crippen molar-refractivity contribution in [3.8, 4) is 0 Å². The maximum Gasteiger partial charge on any atom is 0.229 e. The molecule has 0 fully saturated rings. The Kier molecular flexibility index (Phi) is 4.73. The molecule has 2 aromatic carbocycles. The van der Waals surface area contributed by atoms with E-state index >= 15 is 0 Å². The first kappa shape index (κ1) is 15.6.